The molecule has 0 aliphatic carbocycles. The normalized spacial score (nSPS) is 15.3. The summed E-state index contributed by atoms with van der Waals surface area (Å²) in [5.41, 5.74) is 5.37. The van der Waals surface area contributed by atoms with E-state index in [4.69, 9.17) is 9.47 Å². The van der Waals surface area contributed by atoms with Crippen LogP contribution in [-0.4, -0.2) is 20.8 Å². The van der Waals surface area contributed by atoms with E-state index in [1.807, 2.05) is 0 Å². The van der Waals surface area contributed by atoms with Gasteiger partial charge in [0.05, 0.1) is 14.2 Å². The van der Waals surface area contributed by atoms with Crippen LogP contribution in [0.4, 0.5) is 0 Å². The van der Waals surface area contributed by atoms with E-state index in [1.54, 1.807) is 14.2 Å². The summed E-state index contributed by atoms with van der Waals surface area (Å²) in [6, 6.07) is 26.2. The van der Waals surface area contributed by atoms with Crippen LogP contribution in [0, 0.1) is 0 Å². The first kappa shape index (κ1) is 21.2. The fourth-order valence-corrected chi connectivity index (χ4v) is 4.25. The lowest BCUT2D eigenvalue weighted by Crippen LogP contribution is -2.31. The Balaban J connectivity index is 0.00000240. The topological polar surface area (TPSA) is 30.5 Å². The molecule has 152 valence electrons. The predicted molar refractivity (Wildman–Crippen MR) is 121 cm³/mol. The average Bonchev–Trinajstić information content (AvgIpc) is 2.77. The molecule has 1 aliphatic heterocycles. The number of halogens is 1. The van der Waals surface area contributed by atoms with Gasteiger partial charge < -0.3 is 14.8 Å². The van der Waals surface area contributed by atoms with E-state index in [2.05, 4.69) is 78.1 Å². The van der Waals surface area contributed by atoms with E-state index in [1.165, 1.54) is 22.3 Å². The quantitative estimate of drug-likeness (QED) is 0.580. The number of methoxy groups -OCH3 is 2. The van der Waals surface area contributed by atoms with Crippen molar-refractivity contribution >= 4 is 12.4 Å². The molecule has 1 atom stereocenters. The Kier molecular flexibility index (Phi) is 7.18. The Morgan fingerprint density at radius 3 is 1.97 bits per heavy atom. The maximum atomic E-state index is 5.57. The maximum Gasteiger partial charge on any atom is 0.161 e. The lowest BCUT2D eigenvalue weighted by molar-refractivity contribution is 0.351. The number of rotatable bonds is 6. The largest absolute Gasteiger partial charge is 0.493 e. The molecule has 0 saturated carbocycles. The Hall–Kier alpha value is -2.49. The second-order valence-electron chi connectivity index (χ2n) is 7.27. The molecule has 1 N–H and O–H groups in total. The van der Waals surface area contributed by atoms with E-state index >= 15 is 0 Å². The van der Waals surface area contributed by atoms with Gasteiger partial charge in [0.25, 0.3) is 0 Å². The molecule has 3 aromatic carbocycles. The molecule has 0 fully saturated rings. The lowest BCUT2D eigenvalue weighted by Gasteiger charge is -2.31. The summed E-state index contributed by atoms with van der Waals surface area (Å²) >= 11 is 0. The molecule has 1 unspecified atom stereocenters. The zero-order valence-electron chi connectivity index (χ0n) is 16.9. The fraction of sp³-hybridized carbons (Fsp3) is 0.280. The molecule has 0 spiro atoms. The van der Waals surface area contributed by atoms with Gasteiger partial charge >= 0.3 is 0 Å². The van der Waals surface area contributed by atoms with Gasteiger partial charge in [-0.1, -0.05) is 60.7 Å². The van der Waals surface area contributed by atoms with E-state index in [0.29, 0.717) is 5.92 Å². The number of hydrogen-bond acceptors (Lipinski definition) is 3. The van der Waals surface area contributed by atoms with Crippen molar-refractivity contribution in [3.05, 3.63) is 95.1 Å². The van der Waals surface area contributed by atoms with Crippen LogP contribution in [0.1, 0.15) is 40.6 Å². The van der Waals surface area contributed by atoms with Crippen molar-refractivity contribution in [2.75, 3.05) is 20.8 Å². The van der Waals surface area contributed by atoms with E-state index in [9.17, 15) is 0 Å². The van der Waals surface area contributed by atoms with Crippen molar-refractivity contribution < 1.29 is 9.47 Å². The summed E-state index contributed by atoms with van der Waals surface area (Å²) < 4.78 is 11.1. The minimum absolute atomic E-state index is 0. The number of benzene rings is 3. The summed E-state index contributed by atoms with van der Waals surface area (Å²) in [4.78, 5) is 0. The second kappa shape index (κ2) is 9.82. The summed E-state index contributed by atoms with van der Waals surface area (Å²) in [6.07, 6.45) is 2.00. The van der Waals surface area contributed by atoms with Crippen molar-refractivity contribution in [2.24, 2.45) is 0 Å². The number of hydrogen-bond donors (Lipinski definition) is 1. The highest BCUT2D eigenvalue weighted by molar-refractivity contribution is 5.85. The van der Waals surface area contributed by atoms with Gasteiger partial charge in [-0.05, 0) is 53.8 Å². The molecule has 0 bridgehead atoms. The summed E-state index contributed by atoms with van der Waals surface area (Å²) in [5, 5.41) is 3.74. The van der Waals surface area contributed by atoms with Crippen molar-refractivity contribution in [1.29, 1.82) is 0 Å². The molecule has 3 nitrogen and oxygen atoms in total. The molecule has 1 heterocycles. The highest BCUT2D eigenvalue weighted by atomic mass is 35.5. The molecule has 29 heavy (non-hydrogen) atoms. The SMILES string of the molecule is COc1cc2c(cc1OC)C(CC(c1ccccc1)c1ccccc1)NCC2.Cl. The van der Waals surface area contributed by atoms with Crippen LogP contribution in [0.15, 0.2) is 72.8 Å². The van der Waals surface area contributed by atoms with Crippen LogP contribution in [0.25, 0.3) is 0 Å². The summed E-state index contributed by atoms with van der Waals surface area (Å²) in [5.74, 6) is 1.94. The van der Waals surface area contributed by atoms with Crippen LogP contribution >= 0.6 is 12.4 Å². The van der Waals surface area contributed by atoms with Crippen molar-refractivity contribution in [1.82, 2.24) is 5.32 Å². The number of nitrogens with one attached hydrogen (secondary N) is 1. The van der Waals surface area contributed by atoms with Gasteiger partial charge in [-0.15, -0.1) is 12.4 Å². The monoisotopic (exact) mass is 409 g/mol. The third kappa shape index (κ3) is 4.58. The highest BCUT2D eigenvalue weighted by Crippen LogP contribution is 2.40. The lowest BCUT2D eigenvalue weighted by atomic mass is 9.81. The van der Waals surface area contributed by atoms with E-state index in [-0.39, 0.29) is 18.4 Å². The number of fused-ring (bicyclic) bond motifs is 1. The van der Waals surface area contributed by atoms with Crippen LogP contribution < -0.4 is 14.8 Å². The first-order valence-electron chi connectivity index (χ1n) is 9.88. The molecule has 0 amide bonds. The molecule has 0 aromatic heterocycles. The second-order valence-corrected chi connectivity index (χ2v) is 7.27. The zero-order chi connectivity index (χ0) is 19.3. The Morgan fingerprint density at radius 2 is 1.41 bits per heavy atom. The minimum Gasteiger partial charge on any atom is -0.493 e. The van der Waals surface area contributed by atoms with Gasteiger partial charge in [-0.3, -0.25) is 0 Å². The van der Waals surface area contributed by atoms with Crippen molar-refractivity contribution in [3.63, 3.8) is 0 Å². The van der Waals surface area contributed by atoms with E-state index < -0.39 is 0 Å². The maximum absolute atomic E-state index is 5.57. The molecule has 1 aliphatic rings. The highest BCUT2D eigenvalue weighted by Gasteiger charge is 2.26. The van der Waals surface area contributed by atoms with Crippen molar-refractivity contribution in [3.8, 4) is 11.5 Å². The van der Waals surface area contributed by atoms with Crippen LogP contribution in [0.3, 0.4) is 0 Å². The predicted octanol–water partition coefficient (Wildman–Crippen LogP) is 5.53. The van der Waals surface area contributed by atoms with Gasteiger partial charge in [0.15, 0.2) is 11.5 Å². The van der Waals surface area contributed by atoms with Gasteiger partial charge in [0.1, 0.15) is 0 Å². The Morgan fingerprint density at radius 1 is 0.862 bits per heavy atom. The molecular formula is C25H28ClNO2. The summed E-state index contributed by atoms with van der Waals surface area (Å²) in [6.45, 7) is 0.976. The summed E-state index contributed by atoms with van der Waals surface area (Å²) in [7, 11) is 3.40. The molecule has 4 rings (SSSR count). The van der Waals surface area contributed by atoms with Gasteiger partial charge in [-0.25, -0.2) is 0 Å². The van der Waals surface area contributed by atoms with E-state index in [0.717, 1.165) is 30.9 Å². The Bertz CT molecular complexity index is 875. The standard InChI is InChI=1S/C25H27NO2.ClH/c1-27-24-15-20-13-14-26-23(22(20)17-25(24)28-2)16-21(18-9-5-3-6-10-18)19-11-7-4-8-12-19;/h3-12,15,17,21,23,26H,13-14,16H2,1-2H3;1H. The fourth-order valence-electron chi connectivity index (χ4n) is 4.25. The molecule has 0 saturated heterocycles. The van der Waals surface area contributed by atoms with Gasteiger partial charge in [-0.2, -0.15) is 0 Å². The van der Waals surface area contributed by atoms with Gasteiger partial charge in [0, 0.05) is 12.0 Å². The van der Waals surface area contributed by atoms with Crippen LogP contribution in [0.2, 0.25) is 0 Å². The van der Waals surface area contributed by atoms with Crippen LogP contribution in [-0.2, 0) is 6.42 Å². The third-order valence-corrected chi connectivity index (χ3v) is 5.68. The third-order valence-electron chi connectivity index (χ3n) is 5.68. The molecule has 4 heteroatoms. The number of ether oxygens (including phenoxy) is 2. The Labute approximate surface area is 179 Å². The first-order chi connectivity index (χ1) is 13.8. The minimum atomic E-state index is 0. The first-order valence-corrected chi connectivity index (χ1v) is 9.88. The molecule has 3 aromatic rings. The zero-order valence-corrected chi connectivity index (χ0v) is 17.7. The molecular weight excluding hydrogens is 382 g/mol. The molecule has 0 radical (unpaired) electrons. The van der Waals surface area contributed by atoms with Crippen molar-refractivity contribution in [2.45, 2.75) is 24.8 Å². The van der Waals surface area contributed by atoms with Crippen LogP contribution in [0.5, 0.6) is 11.5 Å². The smallest absolute Gasteiger partial charge is 0.161 e. The average molecular weight is 410 g/mol. The van der Waals surface area contributed by atoms with Gasteiger partial charge in [0.2, 0.25) is 0 Å².